The Morgan fingerprint density at radius 2 is 1.94 bits per heavy atom. The Morgan fingerprint density at radius 1 is 1.33 bits per heavy atom. The molecule has 0 heterocycles. The molecule has 0 radical (unpaired) electrons. The monoisotopic (exact) mass is 278 g/mol. The van der Waals surface area contributed by atoms with Gasteiger partial charge in [-0.3, -0.25) is 4.79 Å². The molecule has 0 aromatic carbocycles. The summed E-state index contributed by atoms with van der Waals surface area (Å²) in [5.41, 5.74) is 0. The van der Waals surface area contributed by atoms with E-state index in [4.69, 9.17) is 5.11 Å². The third-order valence-corrected chi connectivity index (χ3v) is 4.31. The minimum atomic E-state index is -3.40. The molecule has 18 heavy (non-hydrogen) atoms. The summed E-state index contributed by atoms with van der Waals surface area (Å²) < 4.78 is 28.3. The Kier molecular flexibility index (Phi) is 5.55. The van der Waals surface area contributed by atoms with Crippen molar-refractivity contribution in [2.75, 3.05) is 0 Å². The third-order valence-electron chi connectivity index (χ3n) is 2.95. The molecule has 0 amide bonds. The van der Waals surface area contributed by atoms with Crippen molar-refractivity contribution in [2.24, 2.45) is 5.92 Å². The highest BCUT2D eigenvalue weighted by Crippen LogP contribution is 2.19. The lowest BCUT2D eigenvalue weighted by atomic mass is 10.0. The minimum Gasteiger partial charge on any atom is -0.481 e. The summed E-state index contributed by atoms with van der Waals surface area (Å²) in [5.74, 6) is -1.18. The quantitative estimate of drug-likeness (QED) is 0.582. The predicted molar refractivity (Wildman–Crippen MR) is 68.3 cm³/mol. The van der Waals surface area contributed by atoms with Gasteiger partial charge in [0.2, 0.25) is 0 Å². The summed E-state index contributed by atoms with van der Waals surface area (Å²) in [4.78, 5) is 10.6. The Labute approximate surface area is 108 Å². The van der Waals surface area contributed by atoms with Crippen molar-refractivity contribution in [3.63, 3.8) is 0 Å². The highest BCUT2D eigenvalue weighted by atomic mass is 32.2. The van der Waals surface area contributed by atoms with E-state index in [1.165, 1.54) is 0 Å². The average Bonchev–Trinajstić information content (AvgIpc) is 2.99. The van der Waals surface area contributed by atoms with E-state index < -0.39 is 16.2 Å². The molecule has 0 saturated heterocycles. The molecular weight excluding hydrogens is 256 g/mol. The van der Waals surface area contributed by atoms with E-state index in [0.717, 1.165) is 12.8 Å². The van der Waals surface area contributed by atoms with Crippen molar-refractivity contribution in [2.45, 2.75) is 58.0 Å². The van der Waals surface area contributed by atoms with Gasteiger partial charge < -0.3 is 5.11 Å². The summed E-state index contributed by atoms with van der Waals surface area (Å²) in [6.07, 6.45) is 3.72. The highest BCUT2D eigenvalue weighted by Gasteiger charge is 2.27. The van der Waals surface area contributed by atoms with Crippen LogP contribution < -0.4 is 9.44 Å². The lowest BCUT2D eigenvalue weighted by molar-refractivity contribution is -0.141. The maximum atomic E-state index is 11.6. The molecule has 0 aliphatic heterocycles. The van der Waals surface area contributed by atoms with E-state index >= 15 is 0 Å². The van der Waals surface area contributed by atoms with Gasteiger partial charge in [-0.1, -0.05) is 13.3 Å². The maximum absolute atomic E-state index is 11.6. The van der Waals surface area contributed by atoms with E-state index in [1.807, 2.05) is 0 Å². The molecule has 106 valence electrons. The standard InChI is InChI=1S/C11H22N2O4S/c1-8(11(14)15)4-3-5-9(2)12-18(16,17)13-10-6-7-10/h8-10,12-13H,3-7H2,1-2H3,(H,14,15). The molecule has 0 aromatic heterocycles. The van der Waals surface area contributed by atoms with Crippen LogP contribution in [0.3, 0.4) is 0 Å². The average molecular weight is 278 g/mol. The molecule has 1 aliphatic rings. The minimum absolute atomic E-state index is 0.0988. The molecule has 1 rings (SSSR count). The molecular formula is C11H22N2O4S. The van der Waals surface area contributed by atoms with Gasteiger partial charge >= 0.3 is 5.97 Å². The van der Waals surface area contributed by atoms with E-state index in [-0.39, 0.29) is 18.0 Å². The van der Waals surface area contributed by atoms with E-state index in [9.17, 15) is 13.2 Å². The highest BCUT2D eigenvalue weighted by molar-refractivity contribution is 7.87. The van der Waals surface area contributed by atoms with Crippen molar-refractivity contribution in [3.8, 4) is 0 Å². The molecule has 7 heteroatoms. The van der Waals surface area contributed by atoms with Crippen molar-refractivity contribution in [3.05, 3.63) is 0 Å². The molecule has 2 unspecified atom stereocenters. The number of carboxylic acids is 1. The van der Waals surface area contributed by atoms with E-state index in [1.54, 1.807) is 13.8 Å². The first-order valence-corrected chi connectivity index (χ1v) is 7.81. The lowest BCUT2D eigenvalue weighted by Crippen LogP contribution is -2.42. The molecule has 1 saturated carbocycles. The number of rotatable bonds is 9. The molecule has 2 atom stereocenters. The summed E-state index contributed by atoms with van der Waals surface area (Å²) in [5, 5.41) is 8.72. The zero-order valence-electron chi connectivity index (χ0n) is 10.8. The number of carbonyl (C=O) groups is 1. The Balaban J connectivity index is 2.20. The van der Waals surface area contributed by atoms with Crippen LogP contribution in [-0.4, -0.2) is 31.6 Å². The second-order valence-electron chi connectivity index (χ2n) is 5.08. The van der Waals surface area contributed by atoms with Gasteiger partial charge in [0.15, 0.2) is 0 Å². The fourth-order valence-corrected chi connectivity index (χ4v) is 3.02. The molecule has 3 N–H and O–H groups in total. The molecule has 0 bridgehead atoms. The molecule has 0 spiro atoms. The smallest absolute Gasteiger partial charge is 0.306 e. The zero-order chi connectivity index (χ0) is 13.8. The summed E-state index contributed by atoms with van der Waals surface area (Å²) in [7, 11) is -3.40. The SMILES string of the molecule is CC(CCCC(C)C(=O)O)NS(=O)(=O)NC1CC1. The van der Waals surface area contributed by atoms with Crippen LogP contribution >= 0.6 is 0 Å². The number of hydrogen-bond acceptors (Lipinski definition) is 3. The summed E-state index contributed by atoms with van der Waals surface area (Å²) in [6.45, 7) is 3.45. The van der Waals surface area contributed by atoms with Crippen LogP contribution in [0, 0.1) is 5.92 Å². The van der Waals surface area contributed by atoms with Gasteiger partial charge in [-0.05, 0) is 32.6 Å². The predicted octanol–water partition coefficient (Wildman–Crippen LogP) is 0.852. The van der Waals surface area contributed by atoms with Crippen LogP contribution in [0.25, 0.3) is 0 Å². The number of nitrogens with one attached hydrogen (secondary N) is 2. The summed E-state index contributed by atoms with van der Waals surface area (Å²) >= 11 is 0. The van der Waals surface area contributed by atoms with Gasteiger partial charge in [0, 0.05) is 12.1 Å². The lowest BCUT2D eigenvalue weighted by Gasteiger charge is -2.15. The molecule has 0 aromatic rings. The van der Waals surface area contributed by atoms with Crippen molar-refractivity contribution >= 4 is 16.2 Å². The largest absolute Gasteiger partial charge is 0.481 e. The fourth-order valence-electron chi connectivity index (χ4n) is 1.63. The van der Waals surface area contributed by atoms with Crippen molar-refractivity contribution in [1.29, 1.82) is 0 Å². The van der Waals surface area contributed by atoms with Crippen molar-refractivity contribution < 1.29 is 18.3 Å². The van der Waals surface area contributed by atoms with E-state index in [0.29, 0.717) is 19.3 Å². The first-order chi connectivity index (χ1) is 8.30. The van der Waals surface area contributed by atoms with Gasteiger partial charge in [0.1, 0.15) is 0 Å². The topological polar surface area (TPSA) is 95.5 Å². The first kappa shape index (κ1) is 15.4. The Bertz CT molecular complexity index is 379. The molecule has 1 aliphatic carbocycles. The van der Waals surface area contributed by atoms with Crippen LogP contribution in [0.15, 0.2) is 0 Å². The Hall–Kier alpha value is -0.660. The second-order valence-corrected chi connectivity index (χ2v) is 6.56. The van der Waals surface area contributed by atoms with Crippen molar-refractivity contribution in [1.82, 2.24) is 9.44 Å². The number of aliphatic carboxylic acids is 1. The zero-order valence-corrected chi connectivity index (χ0v) is 11.7. The van der Waals surface area contributed by atoms with E-state index in [2.05, 4.69) is 9.44 Å². The van der Waals surface area contributed by atoms with Crippen LogP contribution in [-0.2, 0) is 15.0 Å². The second kappa shape index (κ2) is 6.49. The van der Waals surface area contributed by atoms with Gasteiger partial charge in [0.25, 0.3) is 10.2 Å². The molecule has 6 nitrogen and oxygen atoms in total. The number of carboxylic acid groups (broad SMARTS) is 1. The third kappa shape index (κ3) is 6.32. The maximum Gasteiger partial charge on any atom is 0.306 e. The Morgan fingerprint density at radius 3 is 2.44 bits per heavy atom. The van der Waals surface area contributed by atoms with Gasteiger partial charge in [-0.2, -0.15) is 17.9 Å². The van der Waals surface area contributed by atoms with Crippen LogP contribution in [0.2, 0.25) is 0 Å². The van der Waals surface area contributed by atoms with Crippen LogP contribution in [0.5, 0.6) is 0 Å². The summed E-state index contributed by atoms with van der Waals surface area (Å²) in [6, 6.07) is -0.0797. The van der Waals surface area contributed by atoms with Crippen LogP contribution in [0.1, 0.15) is 46.0 Å². The molecule has 1 fully saturated rings. The van der Waals surface area contributed by atoms with Gasteiger partial charge in [-0.15, -0.1) is 0 Å². The van der Waals surface area contributed by atoms with Gasteiger partial charge in [0.05, 0.1) is 5.92 Å². The van der Waals surface area contributed by atoms with Gasteiger partial charge in [-0.25, -0.2) is 0 Å². The first-order valence-electron chi connectivity index (χ1n) is 6.32. The fraction of sp³-hybridized carbons (Fsp3) is 0.909. The number of hydrogen-bond donors (Lipinski definition) is 3. The van der Waals surface area contributed by atoms with Crippen LogP contribution in [0.4, 0.5) is 0 Å². The normalized spacial score (nSPS) is 19.4.